The molecular formula is C13H19N5O3. The largest absolute Gasteiger partial charge is 0.337 e. The van der Waals surface area contributed by atoms with Crippen LogP contribution < -0.4 is 11.3 Å². The highest BCUT2D eigenvalue weighted by molar-refractivity contribution is 6.00. The smallest absolute Gasteiger partial charge is 0.270 e. The van der Waals surface area contributed by atoms with Gasteiger partial charge in [0.15, 0.2) is 0 Å². The number of benzene rings is 1. The third-order valence-electron chi connectivity index (χ3n) is 3.78. The van der Waals surface area contributed by atoms with E-state index in [1.54, 1.807) is 4.90 Å². The zero-order chi connectivity index (χ0) is 15.6. The fourth-order valence-electron chi connectivity index (χ4n) is 2.47. The summed E-state index contributed by atoms with van der Waals surface area (Å²) in [5.74, 6) is 5.15. The number of hydrazine groups is 1. The Morgan fingerprint density at radius 2 is 2.24 bits per heavy atom. The van der Waals surface area contributed by atoms with Crippen LogP contribution in [-0.2, 0) is 0 Å². The monoisotopic (exact) mass is 293 g/mol. The summed E-state index contributed by atoms with van der Waals surface area (Å²) < 4.78 is 0. The molecule has 0 radical (unpaired) electrons. The number of amides is 1. The van der Waals surface area contributed by atoms with Gasteiger partial charge in [0.1, 0.15) is 0 Å². The Kier molecular flexibility index (Phi) is 4.39. The van der Waals surface area contributed by atoms with Crippen molar-refractivity contribution in [2.45, 2.75) is 12.5 Å². The van der Waals surface area contributed by atoms with Gasteiger partial charge in [-0.1, -0.05) is 0 Å². The molecule has 3 N–H and O–H groups in total. The molecule has 2 rings (SSSR count). The van der Waals surface area contributed by atoms with Gasteiger partial charge in [-0.3, -0.25) is 20.8 Å². The number of nitrogen functional groups attached to an aromatic ring is 1. The van der Waals surface area contributed by atoms with Crippen LogP contribution in [0.2, 0.25) is 0 Å². The predicted octanol–water partition coefficient (Wildman–Crippen LogP) is 0.657. The summed E-state index contributed by atoms with van der Waals surface area (Å²) in [6, 6.07) is 4.34. The van der Waals surface area contributed by atoms with Crippen LogP contribution >= 0.6 is 0 Å². The number of likely N-dealkylation sites (N-methyl/N-ethyl adjacent to an activating group) is 1. The van der Waals surface area contributed by atoms with Gasteiger partial charge in [-0.2, -0.15) is 0 Å². The first-order chi connectivity index (χ1) is 9.93. The van der Waals surface area contributed by atoms with Crippen LogP contribution in [0, 0.1) is 10.1 Å². The molecule has 1 unspecified atom stereocenters. The number of carbonyl (C=O) groups excluding carboxylic acids is 1. The Bertz CT molecular complexity index is 561. The van der Waals surface area contributed by atoms with E-state index in [4.69, 9.17) is 5.84 Å². The lowest BCUT2D eigenvalue weighted by atomic mass is 10.1. The van der Waals surface area contributed by atoms with Crippen LogP contribution in [0.25, 0.3) is 0 Å². The topological polar surface area (TPSA) is 105 Å². The number of hydrogen-bond donors (Lipinski definition) is 2. The molecule has 0 bridgehead atoms. The number of likely N-dealkylation sites (tertiary alicyclic amines) is 1. The molecule has 1 aromatic carbocycles. The molecule has 8 heteroatoms. The van der Waals surface area contributed by atoms with Crippen LogP contribution in [0.5, 0.6) is 0 Å². The van der Waals surface area contributed by atoms with E-state index < -0.39 is 4.92 Å². The van der Waals surface area contributed by atoms with Crippen LogP contribution in [0.1, 0.15) is 16.8 Å². The zero-order valence-electron chi connectivity index (χ0n) is 12.1. The fraction of sp³-hybridized carbons (Fsp3) is 0.462. The van der Waals surface area contributed by atoms with Gasteiger partial charge >= 0.3 is 0 Å². The molecule has 1 fully saturated rings. The van der Waals surface area contributed by atoms with Gasteiger partial charge in [-0.05, 0) is 26.6 Å². The summed E-state index contributed by atoms with van der Waals surface area (Å²) >= 11 is 0. The summed E-state index contributed by atoms with van der Waals surface area (Å²) in [7, 11) is 3.94. The van der Waals surface area contributed by atoms with Crippen molar-refractivity contribution in [2.24, 2.45) is 5.84 Å². The maximum atomic E-state index is 12.6. The van der Waals surface area contributed by atoms with Crippen LogP contribution in [-0.4, -0.2) is 53.9 Å². The van der Waals surface area contributed by atoms with E-state index in [2.05, 4.69) is 10.3 Å². The van der Waals surface area contributed by atoms with E-state index in [9.17, 15) is 14.9 Å². The van der Waals surface area contributed by atoms with Crippen molar-refractivity contribution in [1.29, 1.82) is 0 Å². The van der Waals surface area contributed by atoms with E-state index in [0.717, 1.165) is 6.42 Å². The average Bonchev–Trinajstić information content (AvgIpc) is 2.95. The lowest BCUT2D eigenvalue weighted by Crippen LogP contribution is -2.35. The summed E-state index contributed by atoms with van der Waals surface area (Å²) in [5.41, 5.74) is 2.91. The number of nitrogens with one attached hydrogen (secondary N) is 1. The van der Waals surface area contributed by atoms with Gasteiger partial charge in [0.2, 0.25) is 0 Å². The molecule has 21 heavy (non-hydrogen) atoms. The molecule has 1 aliphatic heterocycles. The van der Waals surface area contributed by atoms with E-state index in [1.807, 2.05) is 14.1 Å². The van der Waals surface area contributed by atoms with Gasteiger partial charge in [0.25, 0.3) is 11.6 Å². The molecule has 0 aliphatic carbocycles. The van der Waals surface area contributed by atoms with E-state index >= 15 is 0 Å². The van der Waals surface area contributed by atoms with E-state index in [-0.39, 0.29) is 17.2 Å². The molecule has 1 aromatic rings. The second-order valence-electron chi connectivity index (χ2n) is 5.29. The summed E-state index contributed by atoms with van der Waals surface area (Å²) in [6.07, 6.45) is 0.888. The van der Waals surface area contributed by atoms with E-state index in [0.29, 0.717) is 24.8 Å². The minimum absolute atomic E-state index is 0.124. The molecular weight excluding hydrogens is 274 g/mol. The second-order valence-corrected chi connectivity index (χ2v) is 5.29. The van der Waals surface area contributed by atoms with Crippen molar-refractivity contribution in [3.63, 3.8) is 0 Å². The van der Waals surface area contributed by atoms with Gasteiger partial charge in [0, 0.05) is 31.3 Å². The predicted molar refractivity (Wildman–Crippen MR) is 78.9 cm³/mol. The highest BCUT2D eigenvalue weighted by atomic mass is 16.6. The average molecular weight is 293 g/mol. The highest BCUT2D eigenvalue weighted by Crippen LogP contribution is 2.25. The first-order valence-corrected chi connectivity index (χ1v) is 6.64. The van der Waals surface area contributed by atoms with Gasteiger partial charge in [0.05, 0.1) is 16.2 Å². The molecule has 1 heterocycles. The van der Waals surface area contributed by atoms with E-state index in [1.165, 1.54) is 18.2 Å². The molecule has 1 atom stereocenters. The fourth-order valence-corrected chi connectivity index (χ4v) is 2.47. The normalized spacial score (nSPS) is 18.1. The summed E-state index contributed by atoms with van der Waals surface area (Å²) in [4.78, 5) is 26.7. The molecule has 0 aromatic heterocycles. The van der Waals surface area contributed by atoms with Crippen LogP contribution in [0.4, 0.5) is 11.4 Å². The highest BCUT2D eigenvalue weighted by Gasteiger charge is 2.29. The lowest BCUT2D eigenvalue weighted by molar-refractivity contribution is -0.384. The Morgan fingerprint density at radius 1 is 1.52 bits per heavy atom. The first-order valence-electron chi connectivity index (χ1n) is 6.64. The third-order valence-corrected chi connectivity index (χ3v) is 3.78. The Hall–Kier alpha value is -2.19. The summed E-state index contributed by atoms with van der Waals surface area (Å²) in [5, 5.41) is 10.9. The number of nitro benzene ring substituents is 1. The molecule has 8 nitrogen and oxygen atoms in total. The first kappa shape index (κ1) is 15.2. The quantitative estimate of drug-likeness (QED) is 0.480. The van der Waals surface area contributed by atoms with Gasteiger partial charge < -0.3 is 15.2 Å². The number of nitro groups is 1. The number of nitrogens with zero attached hydrogens (tertiary/aromatic N) is 3. The van der Waals surface area contributed by atoms with Crippen molar-refractivity contribution < 1.29 is 9.72 Å². The number of non-ortho nitro benzene ring substituents is 1. The van der Waals surface area contributed by atoms with Crippen molar-refractivity contribution >= 4 is 17.3 Å². The third kappa shape index (κ3) is 3.11. The lowest BCUT2D eigenvalue weighted by Gasteiger charge is -2.21. The van der Waals surface area contributed by atoms with Crippen LogP contribution in [0.15, 0.2) is 18.2 Å². The SMILES string of the molecule is CN(C)C1CCN(C(=O)c2cc([N+](=O)[O-])ccc2NN)C1. The summed E-state index contributed by atoms with van der Waals surface area (Å²) in [6.45, 7) is 1.24. The maximum Gasteiger partial charge on any atom is 0.270 e. The minimum Gasteiger partial charge on any atom is -0.337 e. The molecule has 114 valence electrons. The standard InChI is InChI=1S/C13H19N5O3/c1-16(2)10-5-6-17(8-10)13(19)11-7-9(18(20)21)3-4-12(11)15-14/h3-4,7,10,15H,5-6,8,14H2,1-2H3. The van der Waals surface area contributed by atoms with Crippen molar-refractivity contribution in [3.05, 3.63) is 33.9 Å². The van der Waals surface area contributed by atoms with Gasteiger partial charge in [-0.15, -0.1) is 0 Å². The van der Waals surface area contributed by atoms with Gasteiger partial charge in [-0.25, -0.2) is 0 Å². The van der Waals surface area contributed by atoms with Crippen molar-refractivity contribution in [1.82, 2.24) is 9.80 Å². The Labute approximate surface area is 122 Å². The number of rotatable bonds is 4. The van der Waals surface area contributed by atoms with Crippen LogP contribution in [0.3, 0.4) is 0 Å². The minimum atomic E-state index is -0.524. The van der Waals surface area contributed by atoms with Crippen molar-refractivity contribution in [2.75, 3.05) is 32.6 Å². The number of carbonyl (C=O) groups is 1. The molecule has 0 saturated carbocycles. The number of anilines is 1. The Balaban J connectivity index is 2.26. The molecule has 1 saturated heterocycles. The number of nitrogens with two attached hydrogens (primary N) is 1. The maximum absolute atomic E-state index is 12.6. The zero-order valence-corrected chi connectivity index (χ0v) is 12.1. The molecule has 1 amide bonds. The van der Waals surface area contributed by atoms with Crippen molar-refractivity contribution in [3.8, 4) is 0 Å². The molecule has 1 aliphatic rings. The molecule has 0 spiro atoms. The Morgan fingerprint density at radius 3 is 2.76 bits per heavy atom. The number of hydrogen-bond acceptors (Lipinski definition) is 6. The second kappa shape index (κ2) is 6.06.